The van der Waals surface area contributed by atoms with Gasteiger partial charge in [0.2, 0.25) is 0 Å². The predicted molar refractivity (Wildman–Crippen MR) is 63.5 cm³/mol. The SMILES string of the molecule is CCc1ccc(OC)c(OC)c1C(N)C(=O)O. The fourth-order valence-electron chi connectivity index (χ4n) is 1.76. The second-order valence-electron chi connectivity index (χ2n) is 3.54. The molecule has 5 nitrogen and oxygen atoms in total. The summed E-state index contributed by atoms with van der Waals surface area (Å²) in [4.78, 5) is 11.0. The van der Waals surface area contributed by atoms with Gasteiger partial charge >= 0.3 is 5.97 Å². The summed E-state index contributed by atoms with van der Waals surface area (Å²) in [6, 6.07) is 2.44. The zero-order valence-electron chi connectivity index (χ0n) is 10.2. The Morgan fingerprint density at radius 3 is 2.47 bits per heavy atom. The lowest BCUT2D eigenvalue weighted by Gasteiger charge is -2.18. The molecule has 1 aromatic rings. The Labute approximate surface area is 100 Å². The van der Waals surface area contributed by atoms with Gasteiger partial charge in [0.25, 0.3) is 0 Å². The maximum atomic E-state index is 11.0. The summed E-state index contributed by atoms with van der Waals surface area (Å²) in [6.07, 6.45) is 0.677. The Morgan fingerprint density at radius 1 is 1.41 bits per heavy atom. The first-order chi connectivity index (χ1) is 8.06. The third-order valence-corrected chi connectivity index (χ3v) is 2.63. The highest BCUT2D eigenvalue weighted by Crippen LogP contribution is 2.36. The number of ether oxygens (including phenoxy) is 2. The van der Waals surface area contributed by atoms with Crippen molar-refractivity contribution in [2.45, 2.75) is 19.4 Å². The van der Waals surface area contributed by atoms with E-state index in [0.29, 0.717) is 23.5 Å². The van der Waals surface area contributed by atoms with Crippen LogP contribution in [0.4, 0.5) is 0 Å². The van der Waals surface area contributed by atoms with Crippen LogP contribution in [0.5, 0.6) is 11.5 Å². The maximum absolute atomic E-state index is 11.0. The Bertz CT molecular complexity index is 417. The van der Waals surface area contributed by atoms with Crippen LogP contribution in [-0.2, 0) is 11.2 Å². The second kappa shape index (κ2) is 5.54. The number of aryl methyl sites for hydroxylation is 1. The first-order valence-electron chi connectivity index (χ1n) is 5.28. The van der Waals surface area contributed by atoms with Gasteiger partial charge in [0.15, 0.2) is 11.5 Å². The standard InChI is InChI=1S/C12H17NO4/c1-4-7-5-6-8(16-2)11(17-3)9(7)10(13)12(14)15/h5-6,10H,4,13H2,1-3H3,(H,14,15). The van der Waals surface area contributed by atoms with Crippen LogP contribution in [-0.4, -0.2) is 25.3 Å². The molecule has 0 saturated heterocycles. The zero-order chi connectivity index (χ0) is 13.0. The van der Waals surface area contributed by atoms with Crippen molar-refractivity contribution < 1.29 is 19.4 Å². The van der Waals surface area contributed by atoms with Gasteiger partial charge in [-0.25, -0.2) is 0 Å². The van der Waals surface area contributed by atoms with Crippen LogP contribution in [0.3, 0.4) is 0 Å². The van der Waals surface area contributed by atoms with Gasteiger partial charge in [-0.15, -0.1) is 0 Å². The maximum Gasteiger partial charge on any atom is 0.325 e. The number of benzene rings is 1. The molecule has 0 fully saturated rings. The number of hydrogen-bond donors (Lipinski definition) is 2. The van der Waals surface area contributed by atoms with Gasteiger partial charge in [0, 0.05) is 5.56 Å². The quantitative estimate of drug-likeness (QED) is 0.810. The number of carboxylic acids is 1. The minimum atomic E-state index is -1.12. The van der Waals surface area contributed by atoms with Gasteiger partial charge in [0.05, 0.1) is 14.2 Å². The van der Waals surface area contributed by atoms with E-state index < -0.39 is 12.0 Å². The molecule has 1 unspecified atom stereocenters. The first kappa shape index (κ1) is 13.3. The average Bonchev–Trinajstić information content (AvgIpc) is 2.35. The third kappa shape index (κ3) is 2.50. The summed E-state index contributed by atoms with van der Waals surface area (Å²) >= 11 is 0. The summed E-state index contributed by atoms with van der Waals surface area (Å²) in [5.74, 6) is -0.218. The number of carbonyl (C=O) groups is 1. The first-order valence-corrected chi connectivity index (χ1v) is 5.28. The van der Waals surface area contributed by atoms with Gasteiger partial charge in [-0.3, -0.25) is 4.79 Å². The van der Waals surface area contributed by atoms with Gasteiger partial charge in [-0.1, -0.05) is 13.0 Å². The van der Waals surface area contributed by atoms with Crippen molar-refractivity contribution in [3.63, 3.8) is 0 Å². The zero-order valence-corrected chi connectivity index (χ0v) is 10.2. The number of aliphatic carboxylic acids is 1. The van der Waals surface area contributed by atoms with E-state index in [1.807, 2.05) is 6.92 Å². The van der Waals surface area contributed by atoms with E-state index >= 15 is 0 Å². The van der Waals surface area contributed by atoms with Crippen LogP contribution >= 0.6 is 0 Å². The number of methoxy groups -OCH3 is 2. The number of nitrogens with two attached hydrogens (primary N) is 1. The van der Waals surface area contributed by atoms with E-state index in [9.17, 15) is 4.79 Å². The molecule has 0 bridgehead atoms. The Morgan fingerprint density at radius 2 is 2.06 bits per heavy atom. The normalized spacial score (nSPS) is 12.0. The summed E-state index contributed by atoms with van der Waals surface area (Å²) < 4.78 is 10.3. The molecule has 5 heteroatoms. The average molecular weight is 239 g/mol. The monoisotopic (exact) mass is 239 g/mol. The molecule has 0 aliphatic rings. The van der Waals surface area contributed by atoms with Crippen LogP contribution in [0, 0.1) is 0 Å². The third-order valence-electron chi connectivity index (χ3n) is 2.63. The highest BCUT2D eigenvalue weighted by atomic mass is 16.5. The molecule has 17 heavy (non-hydrogen) atoms. The molecule has 0 amide bonds. The van der Waals surface area contributed by atoms with Crippen molar-refractivity contribution in [1.82, 2.24) is 0 Å². The van der Waals surface area contributed by atoms with E-state index in [2.05, 4.69) is 0 Å². The molecule has 1 aromatic carbocycles. The molecule has 94 valence electrons. The van der Waals surface area contributed by atoms with Crippen molar-refractivity contribution >= 4 is 5.97 Å². The van der Waals surface area contributed by atoms with Crippen molar-refractivity contribution in [1.29, 1.82) is 0 Å². The van der Waals surface area contributed by atoms with E-state index in [1.54, 1.807) is 12.1 Å². The smallest absolute Gasteiger partial charge is 0.325 e. The molecule has 0 radical (unpaired) electrons. The van der Waals surface area contributed by atoms with Gasteiger partial charge in [-0.2, -0.15) is 0 Å². The largest absolute Gasteiger partial charge is 0.493 e. The topological polar surface area (TPSA) is 81.8 Å². The number of carboxylic acid groups (broad SMARTS) is 1. The van der Waals surface area contributed by atoms with Crippen LogP contribution in [0.15, 0.2) is 12.1 Å². The fourth-order valence-corrected chi connectivity index (χ4v) is 1.76. The lowest BCUT2D eigenvalue weighted by molar-refractivity contribution is -0.138. The Balaban J connectivity index is 3.44. The lowest BCUT2D eigenvalue weighted by atomic mass is 9.97. The van der Waals surface area contributed by atoms with Crippen LogP contribution in [0.1, 0.15) is 24.1 Å². The van der Waals surface area contributed by atoms with Crippen molar-refractivity contribution in [3.8, 4) is 11.5 Å². The van der Waals surface area contributed by atoms with Crippen molar-refractivity contribution in [2.24, 2.45) is 5.73 Å². The van der Waals surface area contributed by atoms with E-state index in [0.717, 1.165) is 5.56 Å². The van der Waals surface area contributed by atoms with E-state index in [-0.39, 0.29) is 0 Å². The summed E-state index contributed by atoms with van der Waals surface area (Å²) in [5, 5.41) is 9.02. The molecule has 0 aliphatic carbocycles. The molecule has 1 rings (SSSR count). The van der Waals surface area contributed by atoms with Crippen LogP contribution < -0.4 is 15.2 Å². The molecule has 0 heterocycles. The minimum absolute atomic E-state index is 0.391. The van der Waals surface area contributed by atoms with Gasteiger partial charge < -0.3 is 20.3 Å². The van der Waals surface area contributed by atoms with Crippen molar-refractivity contribution in [2.75, 3.05) is 14.2 Å². The molecule has 3 N–H and O–H groups in total. The van der Waals surface area contributed by atoms with E-state index in [4.69, 9.17) is 20.3 Å². The van der Waals surface area contributed by atoms with Crippen LogP contribution in [0.25, 0.3) is 0 Å². The Hall–Kier alpha value is -1.75. The highest BCUT2D eigenvalue weighted by Gasteiger charge is 2.24. The Kier molecular flexibility index (Phi) is 4.34. The van der Waals surface area contributed by atoms with E-state index in [1.165, 1.54) is 14.2 Å². The number of hydrogen-bond acceptors (Lipinski definition) is 4. The van der Waals surface area contributed by atoms with Gasteiger partial charge in [-0.05, 0) is 18.1 Å². The molecule has 0 saturated carbocycles. The second-order valence-corrected chi connectivity index (χ2v) is 3.54. The van der Waals surface area contributed by atoms with Gasteiger partial charge in [0.1, 0.15) is 6.04 Å². The summed E-state index contributed by atoms with van der Waals surface area (Å²) in [6.45, 7) is 1.93. The molecular weight excluding hydrogens is 222 g/mol. The highest BCUT2D eigenvalue weighted by molar-refractivity contribution is 5.78. The predicted octanol–water partition coefficient (Wildman–Crippen LogP) is 1.35. The fraction of sp³-hybridized carbons (Fsp3) is 0.417. The van der Waals surface area contributed by atoms with Crippen molar-refractivity contribution in [3.05, 3.63) is 23.3 Å². The molecule has 0 aliphatic heterocycles. The molecule has 0 spiro atoms. The summed E-state index contributed by atoms with van der Waals surface area (Å²) in [5.41, 5.74) is 7.00. The number of rotatable bonds is 5. The lowest BCUT2D eigenvalue weighted by Crippen LogP contribution is -2.23. The van der Waals surface area contributed by atoms with Crippen LogP contribution in [0.2, 0.25) is 0 Å². The molecule has 1 atom stereocenters. The minimum Gasteiger partial charge on any atom is -0.493 e. The summed E-state index contributed by atoms with van der Waals surface area (Å²) in [7, 11) is 2.97. The molecule has 0 aromatic heterocycles. The molecular formula is C12H17NO4.